The molecule has 21 heavy (non-hydrogen) atoms. The Morgan fingerprint density at radius 3 is 2.43 bits per heavy atom. The van der Waals surface area contributed by atoms with Gasteiger partial charge in [0.05, 0.1) is 5.75 Å². The Labute approximate surface area is 117 Å². The first kappa shape index (κ1) is 16.0. The number of alkyl halides is 4. The predicted octanol–water partition coefficient (Wildman–Crippen LogP) is 2.15. The van der Waals surface area contributed by atoms with Crippen molar-refractivity contribution >= 4 is 15.6 Å². The third-order valence-electron chi connectivity index (χ3n) is 2.68. The average Bonchev–Trinajstić information content (AvgIpc) is 2.83. The fourth-order valence-corrected chi connectivity index (χ4v) is 3.15. The minimum absolute atomic E-state index is 0.649. The van der Waals surface area contributed by atoms with E-state index in [4.69, 9.17) is 0 Å². The summed E-state index contributed by atoms with van der Waals surface area (Å²) in [5, 5.41) is 9.07. The Kier molecular flexibility index (Phi) is 3.88. The number of rotatable bonds is 2. The van der Waals surface area contributed by atoms with Crippen molar-refractivity contribution in [2.75, 3.05) is 0 Å². The Morgan fingerprint density at radius 2 is 1.95 bits per heavy atom. The Morgan fingerprint density at radius 1 is 1.33 bits per heavy atom. The first-order valence-corrected chi connectivity index (χ1v) is 7.35. The van der Waals surface area contributed by atoms with E-state index in [2.05, 4.69) is 20.2 Å². The lowest BCUT2D eigenvalue weighted by Gasteiger charge is -2.31. The van der Waals surface area contributed by atoms with Gasteiger partial charge in [-0.1, -0.05) is 5.16 Å². The molecule has 0 aromatic carbocycles. The van der Waals surface area contributed by atoms with Crippen LogP contribution in [0, 0.1) is 0 Å². The second kappa shape index (κ2) is 5.10. The molecule has 1 aliphatic rings. The SMILES string of the molecule is CC1ON=C(S(O)(O)Cc2nn(C)nc2C(F)(F)F)C1F. The molecule has 0 aliphatic carbocycles. The summed E-state index contributed by atoms with van der Waals surface area (Å²) in [5.74, 6) is -0.939. The summed E-state index contributed by atoms with van der Waals surface area (Å²) in [5.41, 5.74) is -2.05. The molecular formula is C9H12F4N4O3S. The molecule has 2 unspecified atom stereocenters. The van der Waals surface area contributed by atoms with Crippen molar-refractivity contribution in [1.29, 1.82) is 0 Å². The maximum atomic E-state index is 13.7. The summed E-state index contributed by atoms with van der Waals surface area (Å²) in [6.07, 6.45) is -7.74. The first-order chi connectivity index (χ1) is 9.52. The maximum absolute atomic E-state index is 13.7. The fourth-order valence-electron chi connectivity index (χ4n) is 1.71. The van der Waals surface area contributed by atoms with Crippen molar-refractivity contribution < 1.29 is 31.5 Å². The van der Waals surface area contributed by atoms with Gasteiger partial charge in [0, 0.05) is 7.05 Å². The van der Waals surface area contributed by atoms with Gasteiger partial charge in [-0.05, 0) is 6.92 Å². The van der Waals surface area contributed by atoms with E-state index < -0.39 is 51.2 Å². The van der Waals surface area contributed by atoms with Gasteiger partial charge < -0.3 is 4.84 Å². The van der Waals surface area contributed by atoms with Gasteiger partial charge >= 0.3 is 6.18 Å². The topological polar surface area (TPSA) is 92.8 Å². The average molecular weight is 332 g/mol. The molecule has 1 aromatic rings. The van der Waals surface area contributed by atoms with E-state index in [-0.39, 0.29) is 0 Å². The number of aryl methyl sites for hydroxylation is 1. The lowest BCUT2D eigenvalue weighted by atomic mass is 10.3. The highest BCUT2D eigenvalue weighted by atomic mass is 32.3. The minimum atomic E-state index is -4.81. The molecule has 2 heterocycles. The molecular weight excluding hydrogens is 320 g/mol. The Hall–Kier alpha value is -1.40. The van der Waals surface area contributed by atoms with E-state index in [1.165, 1.54) is 6.92 Å². The summed E-state index contributed by atoms with van der Waals surface area (Å²) in [7, 11) is -2.78. The Balaban J connectivity index is 2.30. The van der Waals surface area contributed by atoms with Crippen LogP contribution in [0.25, 0.3) is 0 Å². The number of oxime groups is 1. The second-order valence-electron chi connectivity index (χ2n) is 4.44. The van der Waals surface area contributed by atoms with Crippen LogP contribution in [-0.2, 0) is 23.8 Å². The highest BCUT2D eigenvalue weighted by molar-refractivity contribution is 8.36. The molecule has 1 aromatic heterocycles. The number of halogens is 4. The molecule has 12 heteroatoms. The highest BCUT2D eigenvalue weighted by Gasteiger charge is 2.43. The number of hydrogen-bond donors (Lipinski definition) is 2. The zero-order valence-corrected chi connectivity index (χ0v) is 11.7. The molecule has 2 rings (SSSR count). The quantitative estimate of drug-likeness (QED) is 0.810. The van der Waals surface area contributed by atoms with Crippen LogP contribution in [0.5, 0.6) is 0 Å². The van der Waals surface area contributed by atoms with E-state index in [0.717, 1.165) is 7.05 Å². The summed E-state index contributed by atoms with van der Waals surface area (Å²) in [4.78, 5) is 5.20. The van der Waals surface area contributed by atoms with Crippen LogP contribution in [0.15, 0.2) is 5.16 Å². The first-order valence-electron chi connectivity index (χ1n) is 5.63. The zero-order chi connectivity index (χ0) is 16.0. The molecule has 2 atom stereocenters. The third kappa shape index (κ3) is 3.11. The molecule has 0 radical (unpaired) electrons. The summed E-state index contributed by atoms with van der Waals surface area (Å²) in [6, 6.07) is 0. The third-order valence-corrected chi connectivity index (χ3v) is 4.33. The highest BCUT2D eigenvalue weighted by Crippen LogP contribution is 2.49. The lowest BCUT2D eigenvalue weighted by molar-refractivity contribution is -0.142. The van der Waals surface area contributed by atoms with Gasteiger partial charge in [0.1, 0.15) is 5.69 Å². The predicted molar refractivity (Wildman–Crippen MR) is 65.4 cm³/mol. The molecule has 0 bridgehead atoms. The standard InChI is InChI=1S/C9H12F4N4O3S/c1-4-6(10)8(16-20-4)21(18,19)3-5-7(9(11,12)13)15-17(2)14-5/h4,6,18-19H,3H2,1-2H3. The van der Waals surface area contributed by atoms with Gasteiger partial charge in [-0.15, -0.1) is 15.7 Å². The largest absolute Gasteiger partial charge is 0.437 e. The van der Waals surface area contributed by atoms with Gasteiger partial charge in [-0.2, -0.15) is 23.1 Å². The van der Waals surface area contributed by atoms with Gasteiger partial charge in [0.25, 0.3) is 0 Å². The number of hydrogen-bond acceptors (Lipinski definition) is 6. The fraction of sp³-hybridized carbons (Fsp3) is 0.667. The summed E-state index contributed by atoms with van der Waals surface area (Å²) >= 11 is 0. The molecule has 0 saturated carbocycles. The monoisotopic (exact) mass is 332 g/mol. The van der Waals surface area contributed by atoms with Crippen LogP contribution in [0.1, 0.15) is 18.3 Å². The summed E-state index contributed by atoms with van der Waals surface area (Å²) < 4.78 is 71.8. The van der Waals surface area contributed by atoms with Crippen molar-refractivity contribution in [3.05, 3.63) is 11.4 Å². The molecule has 1 aliphatic heterocycles. The lowest BCUT2D eigenvalue weighted by Crippen LogP contribution is -2.27. The van der Waals surface area contributed by atoms with Gasteiger partial charge in [0.15, 0.2) is 18.0 Å². The smallest absolute Gasteiger partial charge is 0.388 e. The molecule has 0 saturated heterocycles. The van der Waals surface area contributed by atoms with Crippen molar-refractivity contribution in [3.8, 4) is 0 Å². The van der Waals surface area contributed by atoms with Crippen LogP contribution in [0.3, 0.4) is 0 Å². The van der Waals surface area contributed by atoms with Crippen molar-refractivity contribution in [2.45, 2.75) is 31.1 Å². The van der Waals surface area contributed by atoms with Crippen LogP contribution < -0.4 is 0 Å². The van der Waals surface area contributed by atoms with Crippen LogP contribution in [0.2, 0.25) is 0 Å². The molecule has 7 nitrogen and oxygen atoms in total. The van der Waals surface area contributed by atoms with Crippen LogP contribution in [-0.4, -0.2) is 41.4 Å². The van der Waals surface area contributed by atoms with E-state index >= 15 is 0 Å². The van der Waals surface area contributed by atoms with E-state index in [0.29, 0.717) is 4.80 Å². The molecule has 0 amide bonds. The number of nitrogens with zero attached hydrogens (tertiary/aromatic N) is 4. The number of aromatic nitrogens is 3. The van der Waals surface area contributed by atoms with Crippen LogP contribution in [0.4, 0.5) is 17.6 Å². The van der Waals surface area contributed by atoms with Crippen molar-refractivity contribution in [2.24, 2.45) is 12.2 Å². The van der Waals surface area contributed by atoms with E-state index in [1.807, 2.05) is 0 Å². The summed E-state index contributed by atoms with van der Waals surface area (Å²) in [6.45, 7) is 1.31. The van der Waals surface area contributed by atoms with Gasteiger partial charge in [-0.25, -0.2) is 4.39 Å². The van der Waals surface area contributed by atoms with Gasteiger partial charge in [0.2, 0.25) is 5.04 Å². The molecule has 0 fully saturated rings. The normalized spacial score (nSPS) is 23.9. The van der Waals surface area contributed by atoms with E-state index in [9.17, 15) is 26.7 Å². The van der Waals surface area contributed by atoms with Crippen molar-refractivity contribution in [3.63, 3.8) is 0 Å². The van der Waals surface area contributed by atoms with Crippen molar-refractivity contribution in [1.82, 2.24) is 15.0 Å². The van der Waals surface area contributed by atoms with Gasteiger partial charge in [-0.3, -0.25) is 9.11 Å². The molecule has 120 valence electrons. The molecule has 2 N–H and O–H groups in total. The second-order valence-corrected chi connectivity index (χ2v) is 6.48. The van der Waals surface area contributed by atoms with E-state index in [1.54, 1.807) is 0 Å². The minimum Gasteiger partial charge on any atom is -0.388 e. The van der Waals surface area contributed by atoms with Crippen LogP contribution >= 0.6 is 10.6 Å². The Bertz CT molecular complexity index is 574. The molecule has 0 spiro atoms. The zero-order valence-electron chi connectivity index (χ0n) is 10.9. The maximum Gasteiger partial charge on any atom is 0.437 e.